The molecule has 102 valence electrons. The first kappa shape index (κ1) is 13.5. The topological polar surface area (TPSA) is 65.1 Å². The molecule has 0 spiro atoms. The van der Waals surface area contributed by atoms with E-state index in [-0.39, 0.29) is 6.04 Å². The molecule has 0 saturated carbocycles. The minimum atomic E-state index is 0.253. The van der Waals surface area contributed by atoms with E-state index in [1.165, 1.54) is 6.42 Å². The van der Waals surface area contributed by atoms with E-state index in [1.807, 2.05) is 12.4 Å². The Labute approximate surface area is 109 Å². The largest absolute Gasteiger partial charge is 0.381 e. The van der Waals surface area contributed by atoms with Crippen molar-refractivity contribution < 1.29 is 4.74 Å². The van der Waals surface area contributed by atoms with Gasteiger partial charge in [0.1, 0.15) is 5.82 Å². The molecule has 0 amide bonds. The molecule has 2 heterocycles. The van der Waals surface area contributed by atoms with E-state index in [0.717, 1.165) is 44.8 Å². The Balaban J connectivity index is 1.98. The fraction of sp³-hybridized carbons (Fsp3) is 0.769. The number of nitrogens with zero attached hydrogens (tertiary/aromatic N) is 2. The highest BCUT2D eigenvalue weighted by atomic mass is 16.5. The smallest absolute Gasteiger partial charge is 0.110 e. The number of aryl methyl sites for hydroxylation is 1. The Morgan fingerprint density at radius 1 is 1.67 bits per heavy atom. The second-order valence-corrected chi connectivity index (χ2v) is 4.99. The summed E-state index contributed by atoms with van der Waals surface area (Å²) in [4.78, 5) is 4.44. The highest BCUT2D eigenvalue weighted by Crippen LogP contribution is 2.19. The van der Waals surface area contributed by atoms with Crippen LogP contribution in [-0.4, -0.2) is 28.8 Å². The van der Waals surface area contributed by atoms with Crippen LogP contribution >= 0.6 is 0 Å². The van der Waals surface area contributed by atoms with E-state index in [9.17, 15) is 0 Å². The lowest BCUT2D eigenvalue weighted by Crippen LogP contribution is -2.45. The van der Waals surface area contributed by atoms with E-state index in [0.29, 0.717) is 5.92 Å². The number of hydrazine groups is 1. The van der Waals surface area contributed by atoms with Crippen molar-refractivity contribution in [3.05, 3.63) is 18.2 Å². The predicted octanol–water partition coefficient (Wildman–Crippen LogP) is 1.09. The number of aromatic nitrogens is 2. The second-order valence-electron chi connectivity index (χ2n) is 4.99. The highest BCUT2D eigenvalue weighted by Gasteiger charge is 2.24. The molecule has 0 bridgehead atoms. The van der Waals surface area contributed by atoms with Crippen molar-refractivity contribution in [2.45, 2.75) is 45.2 Å². The van der Waals surface area contributed by atoms with Crippen LogP contribution in [0.3, 0.4) is 0 Å². The number of hydrogen-bond donors (Lipinski definition) is 2. The van der Waals surface area contributed by atoms with E-state index in [4.69, 9.17) is 10.6 Å². The third-order valence-electron chi connectivity index (χ3n) is 3.65. The normalized spacial score (nSPS) is 22.0. The molecule has 5 nitrogen and oxygen atoms in total. The number of imidazole rings is 1. The van der Waals surface area contributed by atoms with Crippen LogP contribution in [0.25, 0.3) is 0 Å². The van der Waals surface area contributed by atoms with Gasteiger partial charge in [-0.25, -0.2) is 4.98 Å². The van der Waals surface area contributed by atoms with Gasteiger partial charge in [0.25, 0.3) is 0 Å². The van der Waals surface area contributed by atoms with E-state index >= 15 is 0 Å². The van der Waals surface area contributed by atoms with Gasteiger partial charge in [0.2, 0.25) is 0 Å². The quantitative estimate of drug-likeness (QED) is 0.587. The molecule has 1 fully saturated rings. The molecule has 1 aliphatic heterocycles. The summed E-state index contributed by atoms with van der Waals surface area (Å²) in [6.07, 6.45) is 8.23. The average Bonchev–Trinajstić information content (AvgIpc) is 2.85. The fourth-order valence-electron chi connectivity index (χ4n) is 2.62. The summed E-state index contributed by atoms with van der Waals surface area (Å²) < 4.78 is 7.76. The van der Waals surface area contributed by atoms with Crippen molar-refractivity contribution >= 4 is 0 Å². The highest BCUT2D eigenvalue weighted by molar-refractivity contribution is 4.97. The third-order valence-corrected chi connectivity index (χ3v) is 3.65. The summed E-state index contributed by atoms with van der Waals surface area (Å²) in [5.74, 6) is 7.31. The predicted molar refractivity (Wildman–Crippen MR) is 70.9 cm³/mol. The van der Waals surface area contributed by atoms with E-state index in [1.54, 1.807) is 0 Å². The van der Waals surface area contributed by atoms with Gasteiger partial charge < -0.3 is 9.30 Å². The first-order chi connectivity index (χ1) is 8.85. The lowest BCUT2D eigenvalue weighted by Gasteiger charge is -2.29. The molecule has 0 aromatic carbocycles. The van der Waals surface area contributed by atoms with Gasteiger partial charge >= 0.3 is 0 Å². The molecule has 0 radical (unpaired) electrons. The molecular weight excluding hydrogens is 228 g/mol. The van der Waals surface area contributed by atoms with E-state index < -0.39 is 0 Å². The van der Waals surface area contributed by atoms with Gasteiger partial charge in [0.15, 0.2) is 0 Å². The van der Waals surface area contributed by atoms with Crippen LogP contribution in [0.4, 0.5) is 0 Å². The molecule has 2 unspecified atom stereocenters. The molecule has 3 N–H and O–H groups in total. The molecule has 5 heteroatoms. The number of hydrogen-bond acceptors (Lipinski definition) is 4. The lowest BCUT2D eigenvalue weighted by atomic mass is 9.92. The number of rotatable bonds is 6. The molecule has 1 aromatic heterocycles. The van der Waals surface area contributed by atoms with Crippen LogP contribution in [0.2, 0.25) is 0 Å². The van der Waals surface area contributed by atoms with Gasteiger partial charge in [-0.1, -0.05) is 6.92 Å². The summed E-state index contributed by atoms with van der Waals surface area (Å²) in [6, 6.07) is 0.253. The minimum absolute atomic E-state index is 0.253. The minimum Gasteiger partial charge on any atom is -0.381 e. The lowest BCUT2D eigenvalue weighted by molar-refractivity contribution is 0.0389. The molecule has 1 saturated heterocycles. The Hall–Kier alpha value is -0.910. The molecule has 1 aliphatic rings. The van der Waals surface area contributed by atoms with Crippen LogP contribution in [0, 0.1) is 5.92 Å². The van der Waals surface area contributed by atoms with Gasteiger partial charge in [-0.2, -0.15) is 0 Å². The summed E-state index contributed by atoms with van der Waals surface area (Å²) in [6.45, 7) is 4.90. The third kappa shape index (κ3) is 3.31. The SMILES string of the molecule is CCCn1ccnc1CC(NN)C1CCCOC1. The first-order valence-corrected chi connectivity index (χ1v) is 6.89. The zero-order valence-corrected chi connectivity index (χ0v) is 11.1. The van der Waals surface area contributed by atoms with Gasteiger partial charge in [-0.3, -0.25) is 11.3 Å². The fourth-order valence-corrected chi connectivity index (χ4v) is 2.62. The molecular formula is C13H24N4O. The van der Waals surface area contributed by atoms with Crippen molar-refractivity contribution in [2.24, 2.45) is 11.8 Å². The Morgan fingerprint density at radius 3 is 3.22 bits per heavy atom. The number of ether oxygens (including phenoxy) is 1. The monoisotopic (exact) mass is 252 g/mol. The Bertz CT molecular complexity index is 347. The van der Waals surface area contributed by atoms with Crippen LogP contribution < -0.4 is 11.3 Å². The summed E-state index contributed by atoms with van der Waals surface area (Å²) in [5, 5.41) is 0. The van der Waals surface area contributed by atoms with Crippen molar-refractivity contribution in [3.63, 3.8) is 0 Å². The zero-order valence-electron chi connectivity index (χ0n) is 11.1. The molecule has 18 heavy (non-hydrogen) atoms. The maximum absolute atomic E-state index is 5.70. The van der Waals surface area contributed by atoms with Crippen LogP contribution in [-0.2, 0) is 17.7 Å². The molecule has 1 aromatic rings. The number of nitrogens with one attached hydrogen (secondary N) is 1. The van der Waals surface area contributed by atoms with Gasteiger partial charge in [-0.15, -0.1) is 0 Å². The average molecular weight is 252 g/mol. The Kier molecular flexibility index (Phi) is 5.16. The maximum Gasteiger partial charge on any atom is 0.110 e. The van der Waals surface area contributed by atoms with Crippen LogP contribution in [0.15, 0.2) is 12.4 Å². The zero-order chi connectivity index (χ0) is 12.8. The van der Waals surface area contributed by atoms with Gasteiger partial charge in [-0.05, 0) is 25.2 Å². The van der Waals surface area contributed by atoms with Crippen LogP contribution in [0.5, 0.6) is 0 Å². The van der Waals surface area contributed by atoms with Crippen molar-refractivity contribution in [3.8, 4) is 0 Å². The van der Waals surface area contributed by atoms with Gasteiger partial charge in [0, 0.05) is 38.0 Å². The standard InChI is InChI=1S/C13H24N4O/c1-2-6-17-7-5-15-13(17)9-12(16-14)11-4-3-8-18-10-11/h5,7,11-12,16H,2-4,6,8-10,14H2,1H3. The van der Waals surface area contributed by atoms with Crippen molar-refractivity contribution in [1.82, 2.24) is 15.0 Å². The number of nitrogens with two attached hydrogens (primary N) is 1. The molecule has 0 aliphatic carbocycles. The first-order valence-electron chi connectivity index (χ1n) is 6.89. The molecule has 2 atom stereocenters. The van der Waals surface area contributed by atoms with E-state index in [2.05, 4.69) is 21.9 Å². The summed E-state index contributed by atoms with van der Waals surface area (Å²) in [5.41, 5.74) is 2.95. The van der Waals surface area contributed by atoms with Crippen molar-refractivity contribution in [1.29, 1.82) is 0 Å². The Morgan fingerprint density at radius 2 is 2.56 bits per heavy atom. The van der Waals surface area contributed by atoms with Crippen LogP contribution in [0.1, 0.15) is 32.0 Å². The maximum atomic E-state index is 5.70. The second kappa shape index (κ2) is 6.87. The summed E-state index contributed by atoms with van der Waals surface area (Å²) in [7, 11) is 0. The van der Waals surface area contributed by atoms with Crippen molar-refractivity contribution in [2.75, 3.05) is 13.2 Å². The summed E-state index contributed by atoms with van der Waals surface area (Å²) >= 11 is 0. The van der Waals surface area contributed by atoms with Gasteiger partial charge in [0.05, 0.1) is 6.61 Å². The molecule has 2 rings (SSSR count).